The fourth-order valence-corrected chi connectivity index (χ4v) is 1.11. The van der Waals surface area contributed by atoms with Gasteiger partial charge in [0.15, 0.2) is 0 Å². The van der Waals surface area contributed by atoms with Gasteiger partial charge in [0.25, 0.3) is 0 Å². The molecule has 0 bridgehead atoms. The number of carbonyl (C=O) groups excluding carboxylic acids is 1. The molecule has 0 atom stereocenters. The van der Waals surface area contributed by atoms with Crippen LogP contribution in [0.1, 0.15) is 24.8 Å². The maximum atomic E-state index is 9.64. The smallest absolute Gasteiger partial charge is 0.119 e. The number of aldehydes is 1. The zero-order valence-electron chi connectivity index (χ0n) is 10.1. The van der Waals surface area contributed by atoms with Gasteiger partial charge < -0.3 is 15.3 Å². The van der Waals surface area contributed by atoms with Crippen molar-refractivity contribution in [1.82, 2.24) is 0 Å². The number of aryl methyl sites for hydroxylation is 1. The summed E-state index contributed by atoms with van der Waals surface area (Å²) in [6.45, 7) is 2.75. The molecule has 0 heterocycles. The lowest BCUT2D eigenvalue weighted by molar-refractivity contribution is -0.107. The Hall–Kier alpha value is -1.35. The third kappa shape index (κ3) is 8.00. The van der Waals surface area contributed by atoms with E-state index in [1.54, 1.807) is 7.11 Å². The Balaban J connectivity index is 0.000000293. The molecule has 0 saturated heterocycles. The number of carbonyl (C=O) groups is 1. The third-order valence-electron chi connectivity index (χ3n) is 2.00. The molecule has 0 saturated carbocycles. The van der Waals surface area contributed by atoms with Crippen LogP contribution in [0.3, 0.4) is 0 Å². The summed E-state index contributed by atoms with van der Waals surface area (Å²) in [5, 5.41) is 0. The van der Waals surface area contributed by atoms with Crippen LogP contribution in [0, 0.1) is 6.92 Å². The number of benzene rings is 1. The lowest BCUT2D eigenvalue weighted by Crippen LogP contribution is -1.97. The van der Waals surface area contributed by atoms with Crippen LogP contribution in [0.5, 0.6) is 5.75 Å². The molecule has 0 aliphatic rings. The average molecular weight is 223 g/mol. The summed E-state index contributed by atoms with van der Waals surface area (Å²) in [6, 6.07) is 7.96. The van der Waals surface area contributed by atoms with Crippen molar-refractivity contribution in [3.8, 4) is 5.75 Å². The molecule has 3 nitrogen and oxygen atoms in total. The molecule has 3 heteroatoms. The second kappa shape index (κ2) is 10.2. The molecule has 16 heavy (non-hydrogen) atoms. The Kier molecular flexibility index (Phi) is 9.32. The fraction of sp³-hybridized carbons (Fsp3) is 0.462. The van der Waals surface area contributed by atoms with Crippen LogP contribution in [0.4, 0.5) is 0 Å². The highest BCUT2D eigenvalue weighted by Gasteiger charge is 1.86. The number of methoxy groups -OCH3 is 1. The van der Waals surface area contributed by atoms with Crippen molar-refractivity contribution in [1.29, 1.82) is 0 Å². The summed E-state index contributed by atoms with van der Waals surface area (Å²) < 4.78 is 5.00. The van der Waals surface area contributed by atoms with Gasteiger partial charge in [0.05, 0.1) is 7.11 Å². The Labute approximate surface area is 97.6 Å². The van der Waals surface area contributed by atoms with Gasteiger partial charge in [-0.05, 0) is 44.0 Å². The fourth-order valence-electron chi connectivity index (χ4n) is 1.11. The molecular weight excluding hydrogens is 202 g/mol. The molecular formula is C13H21NO2. The summed E-state index contributed by atoms with van der Waals surface area (Å²) in [4.78, 5) is 9.64. The van der Waals surface area contributed by atoms with Crippen molar-refractivity contribution in [3.63, 3.8) is 0 Å². The van der Waals surface area contributed by atoms with Crippen molar-refractivity contribution in [2.75, 3.05) is 13.7 Å². The Morgan fingerprint density at radius 1 is 1.38 bits per heavy atom. The van der Waals surface area contributed by atoms with E-state index >= 15 is 0 Å². The first-order valence-corrected chi connectivity index (χ1v) is 5.49. The molecule has 0 unspecified atom stereocenters. The van der Waals surface area contributed by atoms with E-state index in [9.17, 15) is 4.79 Å². The standard InChI is InChI=1S/C8H10O.C5H11NO/c1-7-4-3-5-8(6-7)9-2;6-4-2-1-3-5-7/h3-6H,1-2H3;5H,1-4,6H2. The second-order valence-corrected chi connectivity index (χ2v) is 3.47. The van der Waals surface area contributed by atoms with Crippen LogP contribution in [0.25, 0.3) is 0 Å². The highest BCUT2D eigenvalue weighted by atomic mass is 16.5. The van der Waals surface area contributed by atoms with Crippen LogP contribution in [0.15, 0.2) is 24.3 Å². The number of ether oxygens (including phenoxy) is 1. The molecule has 0 fully saturated rings. The largest absolute Gasteiger partial charge is 0.497 e. The number of unbranched alkanes of at least 4 members (excludes halogenated alkanes) is 2. The van der Waals surface area contributed by atoms with Gasteiger partial charge in [-0.1, -0.05) is 12.1 Å². The van der Waals surface area contributed by atoms with Crippen molar-refractivity contribution in [2.45, 2.75) is 26.2 Å². The van der Waals surface area contributed by atoms with E-state index in [4.69, 9.17) is 10.5 Å². The van der Waals surface area contributed by atoms with Crippen LogP contribution < -0.4 is 10.5 Å². The Morgan fingerprint density at radius 2 is 2.12 bits per heavy atom. The SMILES string of the molecule is COc1cccc(C)c1.NCCCCC=O. The summed E-state index contributed by atoms with van der Waals surface area (Å²) in [7, 11) is 1.68. The minimum Gasteiger partial charge on any atom is -0.497 e. The van der Waals surface area contributed by atoms with E-state index in [2.05, 4.69) is 0 Å². The van der Waals surface area contributed by atoms with Gasteiger partial charge in [-0.15, -0.1) is 0 Å². The average Bonchev–Trinajstić information content (AvgIpc) is 2.31. The van der Waals surface area contributed by atoms with E-state index < -0.39 is 0 Å². The predicted molar refractivity (Wildman–Crippen MR) is 66.7 cm³/mol. The number of hydrogen-bond acceptors (Lipinski definition) is 3. The van der Waals surface area contributed by atoms with Crippen LogP contribution >= 0.6 is 0 Å². The zero-order chi connectivity index (χ0) is 12.2. The summed E-state index contributed by atoms with van der Waals surface area (Å²) in [6.07, 6.45) is 3.51. The van der Waals surface area contributed by atoms with Gasteiger partial charge in [-0.2, -0.15) is 0 Å². The van der Waals surface area contributed by atoms with E-state index in [0.717, 1.165) is 24.9 Å². The minimum atomic E-state index is 0.664. The third-order valence-corrected chi connectivity index (χ3v) is 2.00. The van der Waals surface area contributed by atoms with Crippen molar-refractivity contribution < 1.29 is 9.53 Å². The van der Waals surface area contributed by atoms with E-state index in [-0.39, 0.29) is 0 Å². The summed E-state index contributed by atoms with van der Waals surface area (Å²) in [5.41, 5.74) is 6.38. The van der Waals surface area contributed by atoms with Crippen molar-refractivity contribution in [3.05, 3.63) is 29.8 Å². The first-order chi connectivity index (χ1) is 7.74. The van der Waals surface area contributed by atoms with Gasteiger partial charge in [0.1, 0.15) is 12.0 Å². The first kappa shape index (κ1) is 14.6. The lowest BCUT2D eigenvalue weighted by atomic mass is 10.2. The number of hydrogen-bond donors (Lipinski definition) is 1. The van der Waals surface area contributed by atoms with Crippen molar-refractivity contribution in [2.24, 2.45) is 5.73 Å². The molecule has 2 N–H and O–H groups in total. The van der Waals surface area contributed by atoms with Gasteiger partial charge in [0.2, 0.25) is 0 Å². The van der Waals surface area contributed by atoms with Crippen LogP contribution in [-0.4, -0.2) is 19.9 Å². The van der Waals surface area contributed by atoms with Crippen LogP contribution in [0.2, 0.25) is 0 Å². The predicted octanol–water partition coefficient (Wildman–Crippen LogP) is 2.32. The normalized spacial score (nSPS) is 8.94. The summed E-state index contributed by atoms with van der Waals surface area (Å²) in [5.74, 6) is 0.926. The Morgan fingerprint density at radius 3 is 2.56 bits per heavy atom. The van der Waals surface area contributed by atoms with E-state index in [1.165, 1.54) is 5.56 Å². The molecule has 0 amide bonds. The molecule has 0 aromatic heterocycles. The zero-order valence-corrected chi connectivity index (χ0v) is 10.1. The quantitative estimate of drug-likeness (QED) is 0.615. The van der Waals surface area contributed by atoms with E-state index in [0.29, 0.717) is 13.0 Å². The van der Waals surface area contributed by atoms with Gasteiger partial charge in [0, 0.05) is 6.42 Å². The molecule has 1 aromatic carbocycles. The minimum absolute atomic E-state index is 0.664. The molecule has 1 aromatic rings. The highest BCUT2D eigenvalue weighted by Crippen LogP contribution is 2.10. The molecule has 90 valence electrons. The first-order valence-electron chi connectivity index (χ1n) is 5.49. The van der Waals surface area contributed by atoms with Gasteiger partial charge >= 0.3 is 0 Å². The Bertz CT molecular complexity index is 287. The maximum Gasteiger partial charge on any atom is 0.119 e. The van der Waals surface area contributed by atoms with E-state index in [1.807, 2.05) is 31.2 Å². The lowest BCUT2D eigenvalue weighted by Gasteiger charge is -1.97. The molecule has 0 spiro atoms. The molecule has 0 aliphatic heterocycles. The molecule has 1 rings (SSSR count). The molecule has 0 aliphatic carbocycles. The topological polar surface area (TPSA) is 52.3 Å². The monoisotopic (exact) mass is 223 g/mol. The van der Waals surface area contributed by atoms with Gasteiger partial charge in [-0.25, -0.2) is 0 Å². The second-order valence-electron chi connectivity index (χ2n) is 3.47. The number of nitrogens with two attached hydrogens (primary N) is 1. The van der Waals surface area contributed by atoms with Crippen molar-refractivity contribution >= 4 is 6.29 Å². The number of rotatable bonds is 5. The molecule has 0 radical (unpaired) electrons. The highest BCUT2D eigenvalue weighted by molar-refractivity contribution is 5.48. The van der Waals surface area contributed by atoms with Gasteiger partial charge in [-0.3, -0.25) is 0 Å². The summed E-state index contributed by atoms with van der Waals surface area (Å²) >= 11 is 0. The van der Waals surface area contributed by atoms with Crippen LogP contribution in [-0.2, 0) is 4.79 Å². The maximum absolute atomic E-state index is 9.64.